The maximum Gasteiger partial charge on any atom is 0.191 e. The van der Waals surface area contributed by atoms with Gasteiger partial charge in [0, 0.05) is 38.9 Å². The summed E-state index contributed by atoms with van der Waals surface area (Å²) in [4.78, 5) is 7.22. The summed E-state index contributed by atoms with van der Waals surface area (Å²) in [5, 5.41) is 15.2. The lowest BCUT2D eigenvalue weighted by Crippen LogP contribution is -2.39. The summed E-state index contributed by atoms with van der Waals surface area (Å²) in [6, 6.07) is 14.7. The molecule has 1 aliphatic rings. The molecule has 1 aromatic carbocycles. The van der Waals surface area contributed by atoms with Crippen LogP contribution in [0.4, 0.5) is 0 Å². The number of hydrogen-bond donors (Lipinski definition) is 2. The van der Waals surface area contributed by atoms with Gasteiger partial charge in [-0.25, -0.2) is 4.99 Å². The molecule has 0 aliphatic carbocycles. The van der Waals surface area contributed by atoms with E-state index in [1.54, 1.807) is 0 Å². The second kappa shape index (κ2) is 9.52. The van der Waals surface area contributed by atoms with Crippen LogP contribution < -0.4 is 10.6 Å². The first-order valence-electron chi connectivity index (χ1n) is 10.4. The number of guanidine groups is 1. The molecule has 7 heteroatoms. The van der Waals surface area contributed by atoms with Crippen LogP contribution in [-0.2, 0) is 19.5 Å². The van der Waals surface area contributed by atoms with Crippen molar-refractivity contribution in [2.24, 2.45) is 4.99 Å². The van der Waals surface area contributed by atoms with Crippen molar-refractivity contribution in [2.75, 3.05) is 26.2 Å². The standard InChI is InChI=1S/C22H29N7/c1-2-23-22(25-16-21-27-26-20-10-5-6-14-29(20)21)24-12-7-13-28-15-11-18-8-3-4-9-19(18)17-28/h3-6,8-10,14H,2,7,11-13,15-17H2,1H3,(H2,23,24,25). The zero-order chi connectivity index (χ0) is 19.9. The van der Waals surface area contributed by atoms with Crippen LogP contribution in [0.25, 0.3) is 5.65 Å². The van der Waals surface area contributed by atoms with Gasteiger partial charge < -0.3 is 10.6 Å². The van der Waals surface area contributed by atoms with Crippen molar-refractivity contribution >= 4 is 11.6 Å². The fourth-order valence-corrected chi connectivity index (χ4v) is 3.74. The van der Waals surface area contributed by atoms with Crippen molar-refractivity contribution in [2.45, 2.75) is 32.9 Å². The molecule has 0 unspecified atom stereocenters. The third-order valence-corrected chi connectivity index (χ3v) is 5.26. The van der Waals surface area contributed by atoms with Crippen molar-refractivity contribution in [3.63, 3.8) is 0 Å². The zero-order valence-corrected chi connectivity index (χ0v) is 17.0. The van der Waals surface area contributed by atoms with E-state index < -0.39 is 0 Å². The van der Waals surface area contributed by atoms with Crippen LogP contribution in [0.2, 0.25) is 0 Å². The topological polar surface area (TPSA) is 69.8 Å². The molecule has 2 aromatic heterocycles. The number of aliphatic imine (C=N–C) groups is 1. The molecule has 0 fully saturated rings. The van der Waals surface area contributed by atoms with Gasteiger partial charge in [-0.15, -0.1) is 10.2 Å². The number of nitrogens with zero attached hydrogens (tertiary/aromatic N) is 5. The predicted octanol–water partition coefficient (Wildman–Crippen LogP) is 2.23. The smallest absolute Gasteiger partial charge is 0.191 e. The Hall–Kier alpha value is -2.93. The molecule has 1 aliphatic heterocycles. The monoisotopic (exact) mass is 391 g/mol. The molecule has 0 saturated heterocycles. The van der Waals surface area contributed by atoms with Crippen LogP contribution >= 0.6 is 0 Å². The van der Waals surface area contributed by atoms with Crippen molar-refractivity contribution < 1.29 is 0 Å². The minimum absolute atomic E-state index is 0.490. The van der Waals surface area contributed by atoms with E-state index in [1.807, 2.05) is 28.8 Å². The molecular weight excluding hydrogens is 362 g/mol. The van der Waals surface area contributed by atoms with Crippen LogP contribution in [0.1, 0.15) is 30.3 Å². The van der Waals surface area contributed by atoms with E-state index in [4.69, 9.17) is 0 Å². The average molecular weight is 392 g/mol. The zero-order valence-electron chi connectivity index (χ0n) is 17.0. The summed E-state index contributed by atoms with van der Waals surface area (Å²) in [5.74, 6) is 1.66. The van der Waals surface area contributed by atoms with Crippen LogP contribution in [-0.4, -0.2) is 51.6 Å². The minimum atomic E-state index is 0.490. The summed E-state index contributed by atoms with van der Waals surface area (Å²) >= 11 is 0. The van der Waals surface area contributed by atoms with Gasteiger partial charge >= 0.3 is 0 Å². The third-order valence-electron chi connectivity index (χ3n) is 5.26. The molecule has 7 nitrogen and oxygen atoms in total. The first-order chi connectivity index (χ1) is 14.3. The molecule has 0 atom stereocenters. The van der Waals surface area contributed by atoms with Gasteiger partial charge in [-0.05, 0) is 43.0 Å². The predicted molar refractivity (Wildman–Crippen MR) is 116 cm³/mol. The quantitative estimate of drug-likeness (QED) is 0.367. The van der Waals surface area contributed by atoms with Crippen LogP contribution in [0.3, 0.4) is 0 Å². The minimum Gasteiger partial charge on any atom is -0.357 e. The molecule has 2 N–H and O–H groups in total. The van der Waals surface area contributed by atoms with Gasteiger partial charge in [-0.1, -0.05) is 30.3 Å². The number of benzene rings is 1. The molecule has 3 aromatic rings. The summed E-state index contributed by atoms with van der Waals surface area (Å²) in [5.41, 5.74) is 3.82. The fourth-order valence-electron chi connectivity index (χ4n) is 3.74. The summed E-state index contributed by atoms with van der Waals surface area (Å²) < 4.78 is 1.97. The Labute approximate surface area is 171 Å². The van der Waals surface area contributed by atoms with Gasteiger partial charge in [-0.3, -0.25) is 9.30 Å². The molecule has 0 radical (unpaired) electrons. The van der Waals surface area contributed by atoms with Gasteiger partial charge in [0.15, 0.2) is 17.4 Å². The molecule has 0 bridgehead atoms. The highest BCUT2D eigenvalue weighted by atomic mass is 15.3. The van der Waals surface area contributed by atoms with E-state index in [1.165, 1.54) is 11.1 Å². The Morgan fingerprint density at radius 2 is 1.93 bits per heavy atom. The third kappa shape index (κ3) is 4.92. The van der Waals surface area contributed by atoms with Gasteiger partial charge in [0.1, 0.15) is 6.54 Å². The van der Waals surface area contributed by atoms with Crippen LogP contribution in [0, 0.1) is 0 Å². The number of nitrogens with one attached hydrogen (secondary N) is 2. The van der Waals surface area contributed by atoms with Crippen molar-refractivity contribution in [1.82, 2.24) is 30.1 Å². The highest BCUT2D eigenvalue weighted by Gasteiger charge is 2.14. The second-order valence-corrected chi connectivity index (χ2v) is 7.32. The second-order valence-electron chi connectivity index (χ2n) is 7.32. The molecule has 29 heavy (non-hydrogen) atoms. The van der Waals surface area contributed by atoms with E-state index in [-0.39, 0.29) is 0 Å². The van der Waals surface area contributed by atoms with E-state index in [0.29, 0.717) is 6.54 Å². The highest BCUT2D eigenvalue weighted by Crippen LogP contribution is 2.18. The normalized spacial score (nSPS) is 14.7. The molecule has 0 amide bonds. The van der Waals surface area contributed by atoms with E-state index >= 15 is 0 Å². The molecule has 152 valence electrons. The Morgan fingerprint density at radius 3 is 2.83 bits per heavy atom. The molecule has 3 heterocycles. The van der Waals surface area contributed by atoms with Crippen LogP contribution in [0.5, 0.6) is 0 Å². The number of rotatable bonds is 7. The van der Waals surface area contributed by atoms with Gasteiger partial charge in [0.05, 0.1) is 0 Å². The van der Waals surface area contributed by atoms with Gasteiger partial charge in [0.2, 0.25) is 0 Å². The maximum absolute atomic E-state index is 4.68. The summed E-state index contributed by atoms with van der Waals surface area (Å²) in [7, 11) is 0. The van der Waals surface area contributed by atoms with Crippen LogP contribution in [0.15, 0.2) is 53.7 Å². The van der Waals surface area contributed by atoms with Crippen molar-refractivity contribution in [3.8, 4) is 0 Å². The van der Waals surface area contributed by atoms with Crippen molar-refractivity contribution in [3.05, 3.63) is 65.6 Å². The largest absolute Gasteiger partial charge is 0.357 e. The fraction of sp³-hybridized carbons (Fsp3) is 0.409. The Morgan fingerprint density at radius 1 is 1.07 bits per heavy atom. The van der Waals surface area contributed by atoms with Gasteiger partial charge in [0.25, 0.3) is 0 Å². The SMILES string of the molecule is CCNC(=NCc1nnc2ccccn12)NCCCN1CCc2ccccc2C1. The average Bonchev–Trinajstić information content (AvgIpc) is 3.18. The summed E-state index contributed by atoms with van der Waals surface area (Å²) in [6.07, 6.45) is 4.21. The first-order valence-corrected chi connectivity index (χ1v) is 10.4. The van der Waals surface area contributed by atoms with Crippen molar-refractivity contribution in [1.29, 1.82) is 0 Å². The molecule has 0 spiro atoms. The Kier molecular flexibility index (Phi) is 6.36. The number of fused-ring (bicyclic) bond motifs is 2. The molecule has 4 rings (SSSR count). The van der Waals surface area contributed by atoms with E-state index in [9.17, 15) is 0 Å². The lowest BCUT2D eigenvalue weighted by molar-refractivity contribution is 0.251. The highest BCUT2D eigenvalue weighted by molar-refractivity contribution is 5.79. The first kappa shape index (κ1) is 19.4. The molecular formula is C22H29N7. The number of aromatic nitrogens is 3. The van der Waals surface area contributed by atoms with E-state index in [2.05, 4.69) is 61.9 Å². The summed E-state index contributed by atoms with van der Waals surface area (Å²) in [6.45, 7) is 7.59. The number of pyridine rings is 1. The maximum atomic E-state index is 4.68. The lowest BCUT2D eigenvalue weighted by atomic mass is 10.00. The lowest BCUT2D eigenvalue weighted by Gasteiger charge is -2.28. The van der Waals surface area contributed by atoms with Gasteiger partial charge in [-0.2, -0.15) is 0 Å². The molecule has 0 saturated carbocycles. The Balaban J connectivity index is 1.26. The van der Waals surface area contributed by atoms with E-state index in [0.717, 1.165) is 63.0 Å². The Bertz CT molecular complexity index is 962. The number of hydrogen-bond acceptors (Lipinski definition) is 4.